The van der Waals surface area contributed by atoms with Crippen LogP contribution in [0.3, 0.4) is 0 Å². The van der Waals surface area contributed by atoms with Crippen LogP contribution in [0.4, 0.5) is 30.1 Å². The molecule has 1 N–H and O–H groups in total. The van der Waals surface area contributed by atoms with E-state index in [1.807, 2.05) is 13.8 Å². The molecule has 0 aliphatic carbocycles. The number of nitrogens with one attached hydrogen (secondary N) is 1. The number of hydrogen-bond donors (Lipinski definition) is 1. The van der Waals surface area contributed by atoms with Crippen molar-refractivity contribution in [2.24, 2.45) is 5.92 Å². The molecule has 0 spiro atoms. The highest BCUT2D eigenvalue weighted by Gasteiger charge is 2.42. The molecular formula is C38H61FN4O13S. The predicted octanol–water partition coefficient (Wildman–Crippen LogP) is 6.08. The maximum Gasteiger partial charge on any atom is 0.422 e. The second-order valence-corrected chi connectivity index (χ2v) is 18.2. The summed E-state index contributed by atoms with van der Waals surface area (Å²) < 4.78 is 85.6. The van der Waals surface area contributed by atoms with Gasteiger partial charge in [0.15, 0.2) is 18.4 Å². The van der Waals surface area contributed by atoms with Crippen molar-refractivity contribution in [3.63, 3.8) is 0 Å². The summed E-state index contributed by atoms with van der Waals surface area (Å²) >= 11 is 0. The van der Waals surface area contributed by atoms with Gasteiger partial charge in [0.05, 0.1) is 31.5 Å². The van der Waals surface area contributed by atoms with Crippen molar-refractivity contribution in [3.8, 4) is 5.75 Å². The molecule has 17 nitrogen and oxygen atoms in total. The molecule has 324 valence electrons. The van der Waals surface area contributed by atoms with Crippen LogP contribution in [0.25, 0.3) is 0 Å². The fourth-order valence-electron chi connectivity index (χ4n) is 5.28. The quantitative estimate of drug-likeness (QED) is 0.0626. The summed E-state index contributed by atoms with van der Waals surface area (Å²) in [5, 5.41) is 0. The van der Waals surface area contributed by atoms with Gasteiger partial charge < -0.3 is 38.1 Å². The first-order valence-electron chi connectivity index (χ1n) is 18.5. The molecule has 19 heteroatoms. The Balaban J connectivity index is 3.02. The molecule has 0 bridgehead atoms. The number of anilines is 2. The van der Waals surface area contributed by atoms with Crippen molar-refractivity contribution in [3.05, 3.63) is 30.1 Å². The minimum Gasteiger partial charge on any atom is -0.465 e. The number of esters is 1. The Morgan fingerprint density at radius 3 is 2.16 bits per heavy atom. The summed E-state index contributed by atoms with van der Waals surface area (Å²) in [6.45, 7) is 20.1. The summed E-state index contributed by atoms with van der Waals surface area (Å²) in [6.07, 6.45) is -1.62. The topological polar surface area (TPSA) is 189 Å². The average Bonchev–Trinajstić information content (AvgIpc) is 3.03. The number of amides is 3. The fraction of sp³-hybridized carbons (Fsp3) is 0.684. The molecule has 1 heterocycles. The van der Waals surface area contributed by atoms with Gasteiger partial charge in [-0.2, -0.15) is 8.42 Å². The number of benzene rings is 1. The molecule has 1 unspecified atom stereocenters. The van der Waals surface area contributed by atoms with Gasteiger partial charge in [-0.05, 0) is 81.1 Å². The number of hydrogen-bond acceptors (Lipinski definition) is 13. The third-order valence-electron chi connectivity index (χ3n) is 7.54. The molecule has 0 radical (unpaired) electrons. The van der Waals surface area contributed by atoms with E-state index in [0.717, 1.165) is 4.90 Å². The average molecular weight is 833 g/mol. The minimum absolute atomic E-state index is 0.0263. The van der Waals surface area contributed by atoms with Crippen LogP contribution < -0.4 is 18.7 Å². The normalized spacial score (nSPS) is 14.6. The summed E-state index contributed by atoms with van der Waals surface area (Å²) in [7, 11) is -3.76. The number of carbonyl (C=O) groups is 4. The van der Waals surface area contributed by atoms with Crippen LogP contribution in [-0.4, -0.2) is 114 Å². The van der Waals surface area contributed by atoms with E-state index >= 15 is 4.39 Å². The fourth-order valence-corrected chi connectivity index (χ4v) is 6.34. The van der Waals surface area contributed by atoms with Crippen LogP contribution in [0.1, 0.15) is 88.1 Å². The number of ether oxygens (including phenoxy) is 7. The standard InChI is InChI=1S/C38H61FN4O13S/c1-14-17-52-33(45)40-57(48,49)43(23-30(44)54-36(4,5)6)32-29(53-24-51-19-18-50-13)21-28-27(31(32)39)20-26(22-42(28)35(47)56-38(10,11)12)41(16-15-25(2)3)34(46)55-37(7,8)9/h14,21,25-26H,1,15-20,22-24H2,2-13H3,(H,40,45). The third kappa shape index (κ3) is 15.8. The highest BCUT2D eigenvalue weighted by Crippen LogP contribution is 2.44. The molecule has 1 aromatic carbocycles. The smallest absolute Gasteiger partial charge is 0.422 e. The van der Waals surface area contributed by atoms with Gasteiger partial charge in [-0.3, -0.25) is 9.69 Å². The Morgan fingerprint density at radius 1 is 1.00 bits per heavy atom. The first kappa shape index (κ1) is 48.8. The van der Waals surface area contributed by atoms with Crippen LogP contribution in [0.15, 0.2) is 18.7 Å². The summed E-state index contributed by atoms with van der Waals surface area (Å²) in [5.74, 6) is -2.75. The highest BCUT2D eigenvalue weighted by molar-refractivity contribution is 7.91. The van der Waals surface area contributed by atoms with Gasteiger partial charge in [-0.25, -0.2) is 27.8 Å². The Labute approximate surface area is 336 Å². The molecule has 0 fully saturated rings. The van der Waals surface area contributed by atoms with Crippen molar-refractivity contribution in [2.75, 3.05) is 62.6 Å². The number of nitrogens with zero attached hydrogens (tertiary/aromatic N) is 3. The van der Waals surface area contributed by atoms with Gasteiger partial charge in [0.25, 0.3) is 0 Å². The van der Waals surface area contributed by atoms with Gasteiger partial charge in [0.1, 0.15) is 35.6 Å². The molecular weight excluding hydrogens is 771 g/mol. The molecule has 1 aliphatic rings. The van der Waals surface area contributed by atoms with Crippen LogP contribution in [0.5, 0.6) is 5.75 Å². The highest BCUT2D eigenvalue weighted by atomic mass is 32.2. The number of rotatable bonds is 17. The monoisotopic (exact) mass is 832 g/mol. The lowest BCUT2D eigenvalue weighted by molar-refractivity contribution is -0.152. The maximum absolute atomic E-state index is 17.7. The second kappa shape index (κ2) is 20.4. The zero-order valence-corrected chi connectivity index (χ0v) is 36.1. The molecule has 0 saturated carbocycles. The third-order valence-corrected chi connectivity index (χ3v) is 8.86. The van der Waals surface area contributed by atoms with E-state index in [1.165, 1.54) is 24.2 Å². The van der Waals surface area contributed by atoms with E-state index in [0.29, 0.717) is 6.42 Å². The van der Waals surface area contributed by atoms with Crippen LogP contribution >= 0.6 is 0 Å². The number of carbonyl (C=O) groups excluding carboxylic acids is 4. The van der Waals surface area contributed by atoms with Gasteiger partial charge >= 0.3 is 34.5 Å². The molecule has 0 aromatic heterocycles. The van der Waals surface area contributed by atoms with Crippen molar-refractivity contribution in [2.45, 2.75) is 112 Å². The lowest BCUT2D eigenvalue weighted by atomic mass is 9.94. The Bertz CT molecular complexity index is 1680. The predicted molar refractivity (Wildman–Crippen MR) is 210 cm³/mol. The van der Waals surface area contributed by atoms with E-state index < -0.39 is 87.9 Å². The van der Waals surface area contributed by atoms with Crippen molar-refractivity contribution < 1.29 is 65.1 Å². The van der Waals surface area contributed by atoms with Gasteiger partial charge in [0, 0.05) is 25.3 Å². The van der Waals surface area contributed by atoms with E-state index in [9.17, 15) is 27.6 Å². The molecule has 3 amide bonds. The van der Waals surface area contributed by atoms with Crippen molar-refractivity contribution in [1.82, 2.24) is 9.62 Å². The zero-order valence-electron chi connectivity index (χ0n) is 35.3. The number of fused-ring (bicyclic) bond motifs is 1. The van der Waals surface area contributed by atoms with Crippen LogP contribution in [-0.2, 0) is 49.8 Å². The minimum atomic E-state index is -5.20. The summed E-state index contributed by atoms with van der Waals surface area (Å²) in [4.78, 5) is 56.2. The largest absolute Gasteiger partial charge is 0.465 e. The summed E-state index contributed by atoms with van der Waals surface area (Å²) in [6, 6.07) is 0.278. The van der Waals surface area contributed by atoms with Gasteiger partial charge in [-0.1, -0.05) is 26.5 Å². The SMILES string of the molecule is C=CCOC(=O)NS(=O)(=O)N(CC(=O)OC(C)(C)C)c1c(OCOCCOC)cc2c(c1F)CC(N(CCC(C)C)C(=O)OC(C)(C)C)CN2C(=O)OC(C)(C)C. The molecule has 1 atom stereocenters. The first-order valence-corrected chi connectivity index (χ1v) is 20.0. The number of halogens is 1. The Kier molecular flexibility index (Phi) is 17.4. The van der Waals surface area contributed by atoms with E-state index in [-0.39, 0.29) is 60.8 Å². The molecule has 2 rings (SSSR count). The Morgan fingerprint density at radius 2 is 1.61 bits per heavy atom. The second-order valence-electron chi connectivity index (χ2n) is 16.6. The lowest BCUT2D eigenvalue weighted by Crippen LogP contribution is -2.54. The van der Waals surface area contributed by atoms with E-state index in [4.69, 9.17) is 33.2 Å². The van der Waals surface area contributed by atoms with Crippen LogP contribution in [0, 0.1) is 11.7 Å². The Hall–Kier alpha value is -4.36. The van der Waals surface area contributed by atoms with E-state index in [1.54, 1.807) is 67.0 Å². The van der Waals surface area contributed by atoms with E-state index in [2.05, 4.69) is 6.58 Å². The first-order chi connectivity index (χ1) is 26.2. The van der Waals surface area contributed by atoms with Gasteiger partial charge in [0.2, 0.25) is 0 Å². The molecule has 57 heavy (non-hydrogen) atoms. The van der Waals surface area contributed by atoms with Crippen molar-refractivity contribution in [1.29, 1.82) is 0 Å². The summed E-state index contributed by atoms with van der Waals surface area (Å²) in [5.41, 5.74) is -4.17. The number of methoxy groups -OCH3 is 1. The maximum atomic E-state index is 17.7. The zero-order chi connectivity index (χ0) is 43.5. The van der Waals surface area contributed by atoms with Crippen molar-refractivity contribution >= 4 is 45.8 Å². The molecule has 0 saturated heterocycles. The van der Waals surface area contributed by atoms with Gasteiger partial charge in [-0.15, -0.1) is 0 Å². The molecule has 1 aliphatic heterocycles. The molecule has 1 aromatic rings. The lowest BCUT2D eigenvalue weighted by Gasteiger charge is -2.41. The van der Waals surface area contributed by atoms with Crippen LogP contribution in [0.2, 0.25) is 0 Å².